The zero-order valence-electron chi connectivity index (χ0n) is 12.8. The summed E-state index contributed by atoms with van der Waals surface area (Å²) in [5, 5.41) is 9.82. The van der Waals surface area contributed by atoms with Gasteiger partial charge in [-0.3, -0.25) is 4.79 Å². The van der Waals surface area contributed by atoms with Crippen molar-refractivity contribution in [2.24, 2.45) is 0 Å². The summed E-state index contributed by atoms with van der Waals surface area (Å²) in [7, 11) is 4.64. The molecule has 1 saturated carbocycles. The molecule has 0 atom stereocenters. The second-order valence-electron chi connectivity index (χ2n) is 5.36. The Morgan fingerprint density at radius 3 is 1.95 bits per heavy atom. The Balaban J connectivity index is 2.61. The van der Waals surface area contributed by atoms with Crippen molar-refractivity contribution >= 4 is 5.97 Å². The van der Waals surface area contributed by atoms with Crippen LogP contribution in [0.2, 0.25) is 0 Å². The van der Waals surface area contributed by atoms with E-state index < -0.39 is 11.4 Å². The van der Waals surface area contributed by atoms with Crippen molar-refractivity contribution in [1.82, 2.24) is 0 Å². The molecule has 21 heavy (non-hydrogen) atoms. The molecule has 0 heterocycles. The van der Waals surface area contributed by atoms with E-state index in [0.717, 1.165) is 19.3 Å². The minimum atomic E-state index is -0.900. The maximum absolute atomic E-state index is 12.0. The van der Waals surface area contributed by atoms with Gasteiger partial charge in [0.1, 0.15) is 5.75 Å². The van der Waals surface area contributed by atoms with Crippen LogP contribution in [0, 0.1) is 0 Å². The Bertz CT molecular complexity index is 518. The first-order valence-corrected chi connectivity index (χ1v) is 7.13. The molecule has 0 bridgehead atoms. The number of hydrogen-bond donors (Lipinski definition) is 1. The van der Waals surface area contributed by atoms with Gasteiger partial charge in [-0.25, -0.2) is 0 Å². The molecule has 0 spiro atoms. The van der Waals surface area contributed by atoms with Gasteiger partial charge in [0.2, 0.25) is 0 Å². The van der Waals surface area contributed by atoms with Crippen molar-refractivity contribution < 1.29 is 24.1 Å². The highest BCUT2D eigenvalue weighted by atomic mass is 16.5. The Kier molecular flexibility index (Phi) is 4.60. The fourth-order valence-electron chi connectivity index (χ4n) is 3.16. The third-order valence-corrected chi connectivity index (χ3v) is 4.34. The molecule has 0 radical (unpaired) electrons. The number of carboxylic acids is 1. The van der Waals surface area contributed by atoms with Crippen molar-refractivity contribution in [3.05, 3.63) is 17.7 Å². The molecule has 1 aliphatic rings. The molecule has 2 rings (SSSR count). The van der Waals surface area contributed by atoms with Crippen LogP contribution in [0.15, 0.2) is 12.1 Å². The van der Waals surface area contributed by atoms with Gasteiger partial charge in [0.05, 0.1) is 26.7 Å². The van der Waals surface area contributed by atoms with Crippen LogP contribution < -0.4 is 14.2 Å². The van der Waals surface area contributed by atoms with Crippen LogP contribution in [0.25, 0.3) is 0 Å². The molecule has 0 aliphatic heterocycles. The van der Waals surface area contributed by atoms with Gasteiger partial charge in [-0.2, -0.15) is 0 Å². The highest BCUT2D eigenvalue weighted by Gasteiger charge is 2.44. The highest BCUT2D eigenvalue weighted by molar-refractivity contribution is 5.83. The van der Waals surface area contributed by atoms with E-state index in [1.165, 1.54) is 0 Å². The van der Waals surface area contributed by atoms with Gasteiger partial charge in [-0.05, 0) is 18.9 Å². The molecule has 1 aromatic rings. The minimum Gasteiger partial charge on any atom is -0.496 e. The second-order valence-corrected chi connectivity index (χ2v) is 5.36. The van der Waals surface area contributed by atoms with Crippen molar-refractivity contribution in [2.45, 2.75) is 37.5 Å². The van der Waals surface area contributed by atoms with Gasteiger partial charge in [0.15, 0.2) is 11.5 Å². The Labute approximate surface area is 124 Å². The molecule has 1 N–H and O–H groups in total. The van der Waals surface area contributed by atoms with Gasteiger partial charge in [0, 0.05) is 11.6 Å². The average Bonchev–Trinajstić information content (AvgIpc) is 2.53. The molecular formula is C16H22O5. The predicted molar refractivity (Wildman–Crippen MR) is 78.5 cm³/mol. The SMILES string of the molecule is COc1cc(OC)c(C2(C(=O)O)CCCCC2)cc1OC. The zero-order chi connectivity index (χ0) is 15.5. The van der Waals surface area contributed by atoms with Gasteiger partial charge in [-0.15, -0.1) is 0 Å². The number of rotatable bonds is 5. The van der Waals surface area contributed by atoms with Crippen molar-refractivity contribution in [1.29, 1.82) is 0 Å². The smallest absolute Gasteiger partial charge is 0.314 e. The number of methoxy groups -OCH3 is 3. The summed E-state index contributed by atoms with van der Waals surface area (Å²) in [6.07, 6.45) is 4.13. The van der Waals surface area contributed by atoms with E-state index in [1.54, 1.807) is 33.5 Å². The van der Waals surface area contributed by atoms with E-state index in [9.17, 15) is 9.90 Å². The van der Waals surface area contributed by atoms with Crippen LogP contribution in [0.1, 0.15) is 37.7 Å². The number of hydrogen-bond acceptors (Lipinski definition) is 4. The summed E-state index contributed by atoms with van der Waals surface area (Å²) < 4.78 is 16.0. The molecule has 1 fully saturated rings. The molecule has 5 heteroatoms. The number of carboxylic acid groups (broad SMARTS) is 1. The lowest BCUT2D eigenvalue weighted by atomic mass is 9.69. The topological polar surface area (TPSA) is 65.0 Å². The standard InChI is InChI=1S/C16H22O5/c1-19-12-10-14(21-3)13(20-2)9-11(12)16(15(17)18)7-5-4-6-8-16/h9-10H,4-8H2,1-3H3,(H,17,18). The largest absolute Gasteiger partial charge is 0.496 e. The molecule has 5 nitrogen and oxygen atoms in total. The van der Waals surface area contributed by atoms with Crippen molar-refractivity contribution in [3.63, 3.8) is 0 Å². The first kappa shape index (κ1) is 15.5. The first-order valence-electron chi connectivity index (χ1n) is 7.13. The summed E-state index contributed by atoms with van der Waals surface area (Å²) >= 11 is 0. The fraction of sp³-hybridized carbons (Fsp3) is 0.562. The lowest BCUT2D eigenvalue weighted by molar-refractivity contribution is -0.145. The summed E-state index contributed by atoms with van der Waals surface area (Å²) in [6.45, 7) is 0. The van der Waals surface area contributed by atoms with Crippen LogP contribution in [0.3, 0.4) is 0 Å². The molecule has 0 amide bonds. The molecule has 0 unspecified atom stereocenters. The molecule has 0 aromatic heterocycles. The van der Waals surface area contributed by atoms with Crippen molar-refractivity contribution in [3.8, 4) is 17.2 Å². The summed E-state index contributed by atoms with van der Waals surface area (Å²) in [5.41, 5.74) is -0.224. The predicted octanol–water partition coefficient (Wildman–Crippen LogP) is 3.00. The lowest BCUT2D eigenvalue weighted by Crippen LogP contribution is -2.38. The van der Waals surface area contributed by atoms with Crippen LogP contribution in [-0.4, -0.2) is 32.4 Å². The monoisotopic (exact) mass is 294 g/mol. The number of benzene rings is 1. The summed E-state index contributed by atoms with van der Waals surface area (Å²) in [6, 6.07) is 3.45. The highest BCUT2D eigenvalue weighted by Crippen LogP contribution is 2.47. The van der Waals surface area contributed by atoms with Crippen LogP contribution in [-0.2, 0) is 10.2 Å². The van der Waals surface area contributed by atoms with E-state index in [2.05, 4.69) is 0 Å². The second kappa shape index (κ2) is 6.24. The fourth-order valence-corrected chi connectivity index (χ4v) is 3.16. The first-order chi connectivity index (χ1) is 10.1. The van der Waals surface area contributed by atoms with Crippen LogP contribution in [0.5, 0.6) is 17.2 Å². The van der Waals surface area contributed by atoms with Gasteiger partial charge in [-0.1, -0.05) is 19.3 Å². The molecule has 1 aromatic carbocycles. The van der Waals surface area contributed by atoms with Gasteiger partial charge in [0.25, 0.3) is 0 Å². The maximum atomic E-state index is 12.0. The maximum Gasteiger partial charge on any atom is 0.314 e. The van der Waals surface area contributed by atoms with E-state index in [-0.39, 0.29) is 0 Å². The van der Waals surface area contributed by atoms with Crippen LogP contribution in [0.4, 0.5) is 0 Å². The average molecular weight is 294 g/mol. The molecule has 1 aliphatic carbocycles. The summed E-state index contributed by atoms with van der Waals surface area (Å²) in [5.74, 6) is 0.804. The van der Waals surface area contributed by atoms with Crippen molar-refractivity contribution in [2.75, 3.05) is 21.3 Å². The van der Waals surface area contributed by atoms with E-state index in [0.29, 0.717) is 35.7 Å². The Morgan fingerprint density at radius 1 is 0.952 bits per heavy atom. The number of ether oxygens (including phenoxy) is 3. The van der Waals surface area contributed by atoms with Crippen LogP contribution >= 0.6 is 0 Å². The third kappa shape index (κ3) is 2.64. The Morgan fingerprint density at radius 2 is 1.48 bits per heavy atom. The van der Waals surface area contributed by atoms with E-state index in [4.69, 9.17) is 14.2 Å². The number of aliphatic carboxylic acids is 1. The van der Waals surface area contributed by atoms with E-state index in [1.807, 2.05) is 0 Å². The zero-order valence-corrected chi connectivity index (χ0v) is 12.8. The van der Waals surface area contributed by atoms with Gasteiger partial charge < -0.3 is 19.3 Å². The third-order valence-electron chi connectivity index (χ3n) is 4.34. The minimum absolute atomic E-state index is 0.527. The molecule has 0 saturated heterocycles. The lowest BCUT2D eigenvalue weighted by Gasteiger charge is -2.35. The molecular weight excluding hydrogens is 272 g/mol. The number of carbonyl (C=O) groups is 1. The van der Waals surface area contributed by atoms with E-state index >= 15 is 0 Å². The quantitative estimate of drug-likeness (QED) is 0.904. The van der Waals surface area contributed by atoms with Gasteiger partial charge >= 0.3 is 5.97 Å². The normalized spacial score (nSPS) is 17.1. The summed E-state index contributed by atoms with van der Waals surface area (Å²) in [4.78, 5) is 12.0. The Hall–Kier alpha value is -1.91. The molecule has 116 valence electrons.